The van der Waals surface area contributed by atoms with Gasteiger partial charge in [0.1, 0.15) is 5.75 Å². The monoisotopic (exact) mass is 265 g/mol. The normalized spacial score (nSPS) is 17.7. The minimum absolute atomic E-state index is 0.389. The smallest absolute Gasteiger partial charge is 0.124 e. The van der Waals surface area contributed by atoms with Crippen LogP contribution >= 0.6 is 0 Å². The van der Waals surface area contributed by atoms with Crippen LogP contribution in [0, 0.1) is 0 Å². The van der Waals surface area contributed by atoms with E-state index >= 15 is 0 Å². The van der Waals surface area contributed by atoms with E-state index in [2.05, 4.69) is 53.9 Å². The largest absolute Gasteiger partial charge is 0.493 e. The van der Waals surface area contributed by atoms with Crippen LogP contribution in [0.1, 0.15) is 23.6 Å². The minimum Gasteiger partial charge on any atom is -0.493 e. The molecule has 0 radical (unpaired) electrons. The molecule has 0 spiro atoms. The Balaban J connectivity index is 1.59. The van der Waals surface area contributed by atoms with Gasteiger partial charge in [0.2, 0.25) is 0 Å². The Bertz CT molecular complexity index is 577. The summed E-state index contributed by atoms with van der Waals surface area (Å²) >= 11 is 0. The van der Waals surface area contributed by atoms with Gasteiger partial charge in [-0.1, -0.05) is 60.7 Å². The Morgan fingerprint density at radius 3 is 2.75 bits per heavy atom. The van der Waals surface area contributed by atoms with Crippen LogP contribution in [-0.2, 0) is 0 Å². The van der Waals surface area contributed by atoms with Gasteiger partial charge in [0.05, 0.1) is 6.61 Å². The number of benzene rings is 2. The molecule has 0 amide bonds. The molecule has 1 atom stereocenters. The lowest BCUT2D eigenvalue weighted by Crippen LogP contribution is -2.27. The first kappa shape index (κ1) is 12.9. The van der Waals surface area contributed by atoms with Crippen molar-refractivity contribution in [1.29, 1.82) is 0 Å². The van der Waals surface area contributed by atoms with Gasteiger partial charge in [0.15, 0.2) is 0 Å². The number of rotatable bonds is 4. The Morgan fingerprint density at radius 2 is 1.85 bits per heavy atom. The first-order chi connectivity index (χ1) is 9.93. The zero-order chi connectivity index (χ0) is 13.6. The summed E-state index contributed by atoms with van der Waals surface area (Å²) in [6.07, 6.45) is 5.35. The average Bonchev–Trinajstić information content (AvgIpc) is 2.53. The summed E-state index contributed by atoms with van der Waals surface area (Å²) in [5.74, 6) is 1.02. The molecule has 1 heterocycles. The van der Waals surface area contributed by atoms with Crippen molar-refractivity contribution in [2.75, 3.05) is 13.2 Å². The van der Waals surface area contributed by atoms with Crippen LogP contribution in [0.25, 0.3) is 6.08 Å². The summed E-state index contributed by atoms with van der Waals surface area (Å²) in [6.45, 7) is 1.66. The first-order valence-electron chi connectivity index (χ1n) is 7.10. The van der Waals surface area contributed by atoms with E-state index in [-0.39, 0.29) is 0 Å². The standard InChI is InChI=1S/C18H19NO/c1-2-7-15(8-3-1)9-6-13-19-17-12-14-20-18-11-5-4-10-16(17)18/h1-11,17,19H,12-14H2. The maximum Gasteiger partial charge on any atom is 0.124 e. The lowest BCUT2D eigenvalue weighted by molar-refractivity contribution is 0.255. The predicted molar refractivity (Wildman–Crippen MR) is 82.8 cm³/mol. The highest BCUT2D eigenvalue weighted by molar-refractivity contribution is 5.48. The van der Waals surface area contributed by atoms with Crippen molar-refractivity contribution in [1.82, 2.24) is 5.32 Å². The van der Waals surface area contributed by atoms with E-state index in [1.165, 1.54) is 11.1 Å². The van der Waals surface area contributed by atoms with Crippen LogP contribution in [0.15, 0.2) is 60.7 Å². The predicted octanol–water partition coefficient (Wildman–Crippen LogP) is 3.81. The second kappa shape index (κ2) is 6.40. The molecular weight excluding hydrogens is 246 g/mol. The fraction of sp³-hybridized carbons (Fsp3) is 0.222. The molecule has 1 unspecified atom stereocenters. The number of para-hydroxylation sites is 1. The van der Waals surface area contributed by atoms with Crippen LogP contribution in [0.5, 0.6) is 5.75 Å². The van der Waals surface area contributed by atoms with Crippen LogP contribution in [0.2, 0.25) is 0 Å². The van der Waals surface area contributed by atoms with E-state index in [4.69, 9.17) is 4.74 Å². The molecule has 1 aliphatic heterocycles. The van der Waals surface area contributed by atoms with Crippen LogP contribution in [0.3, 0.4) is 0 Å². The summed E-state index contributed by atoms with van der Waals surface area (Å²) in [6, 6.07) is 19.0. The molecule has 0 bridgehead atoms. The molecule has 0 aromatic heterocycles. The van der Waals surface area contributed by atoms with Crippen LogP contribution in [0.4, 0.5) is 0 Å². The highest BCUT2D eigenvalue weighted by Crippen LogP contribution is 2.31. The quantitative estimate of drug-likeness (QED) is 0.907. The summed E-state index contributed by atoms with van der Waals surface area (Å²) in [7, 11) is 0. The molecule has 2 nitrogen and oxygen atoms in total. The maximum absolute atomic E-state index is 5.67. The minimum atomic E-state index is 0.389. The first-order valence-corrected chi connectivity index (χ1v) is 7.10. The number of nitrogens with one attached hydrogen (secondary N) is 1. The zero-order valence-electron chi connectivity index (χ0n) is 11.5. The van der Waals surface area contributed by atoms with Crippen LogP contribution < -0.4 is 10.1 Å². The fourth-order valence-electron chi connectivity index (χ4n) is 2.52. The van der Waals surface area contributed by atoms with E-state index in [0.29, 0.717) is 6.04 Å². The molecule has 102 valence electrons. The highest BCUT2D eigenvalue weighted by atomic mass is 16.5. The van der Waals surface area contributed by atoms with Crippen molar-refractivity contribution in [2.24, 2.45) is 0 Å². The third kappa shape index (κ3) is 3.09. The van der Waals surface area contributed by atoms with Gasteiger partial charge in [-0.15, -0.1) is 0 Å². The lowest BCUT2D eigenvalue weighted by Gasteiger charge is -2.26. The van der Waals surface area contributed by atoms with Gasteiger partial charge in [-0.3, -0.25) is 0 Å². The second-order valence-corrected chi connectivity index (χ2v) is 4.95. The van der Waals surface area contributed by atoms with Crippen molar-refractivity contribution in [3.63, 3.8) is 0 Å². The van der Waals surface area contributed by atoms with Crippen molar-refractivity contribution < 1.29 is 4.74 Å². The SMILES string of the molecule is C(=Cc1ccccc1)CNC1CCOc2ccccc21. The molecule has 1 aliphatic rings. The maximum atomic E-state index is 5.67. The van der Waals surface area contributed by atoms with E-state index in [1.54, 1.807) is 0 Å². The zero-order valence-corrected chi connectivity index (χ0v) is 11.5. The number of ether oxygens (including phenoxy) is 1. The third-order valence-corrected chi connectivity index (χ3v) is 3.55. The summed E-state index contributed by atoms with van der Waals surface area (Å²) < 4.78 is 5.67. The molecular formula is C18H19NO. The molecule has 3 rings (SSSR count). The Labute approximate surface area is 120 Å². The molecule has 20 heavy (non-hydrogen) atoms. The Morgan fingerprint density at radius 1 is 1.05 bits per heavy atom. The van der Waals surface area contributed by atoms with Gasteiger partial charge >= 0.3 is 0 Å². The van der Waals surface area contributed by atoms with Gasteiger partial charge < -0.3 is 10.1 Å². The van der Waals surface area contributed by atoms with Crippen molar-refractivity contribution in [3.8, 4) is 5.75 Å². The molecule has 1 N–H and O–H groups in total. The molecule has 0 aliphatic carbocycles. The molecule has 2 heteroatoms. The molecule has 2 aromatic rings. The summed E-state index contributed by atoms with van der Waals surface area (Å²) in [5, 5.41) is 3.58. The lowest BCUT2D eigenvalue weighted by atomic mass is 10.0. The Hall–Kier alpha value is -2.06. The fourth-order valence-corrected chi connectivity index (χ4v) is 2.52. The van der Waals surface area contributed by atoms with Crippen molar-refractivity contribution >= 4 is 6.08 Å². The number of hydrogen-bond acceptors (Lipinski definition) is 2. The van der Waals surface area contributed by atoms with Crippen molar-refractivity contribution in [3.05, 3.63) is 71.8 Å². The number of hydrogen-bond donors (Lipinski definition) is 1. The van der Waals surface area contributed by atoms with Gasteiger partial charge in [-0.05, 0) is 11.6 Å². The molecule has 0 fully saturated rings. The van der Waals surface area contributed by atoms with Crippen LogP contribution in [-0.4, -0.2) is 13.2 Å². The summed E-state index contributed by atoms with van der Waals surface area (Å²) in [4.78, 5) is 0. The highest BCUT2D eigenvalue weighted by Gasteiger charge is 2.19. The molecule has 2 aromatic carbocycles. The van der Waals surface area contributed by atoms with Crippen molar-refractivity contribution in [2.45, 2.75) is 12.5 Å². The Kier molecular flexibility index (Phi) is 4.14. The van der Waals surface area contributed by atoms with E-state index in [9.17, 15) is 0 Å². The third-order valence-electron chi connectivity index (χ3n) is 3.55. The van der Waals surface area contributed by atoms with Gasteiger partial charge in [0.25, 0.3) is 0 Å². The molecule has 0 saturated heterocycles. The van der Waals surface area contributed by atoms with E-state index in [1.807, 2.05) is 18.2 Å². The summed E-state index contributed by atoms with van der Waals surface area (Å²) in [5.41, 5.74) is 2.51. The average molecular weight is 265 g/mol. The van der Waals surface area contributed by atoms with Gasteiger partial charge in [-0.2, -0.15) is 0 Å². The van der Waals surface area contributed by atoms with Gasteiger partial charge in [0, 0.05) is 24.6 Å². The second-order valence-electron chi connectivity index (χ2n) is 4.95. The number of fused-ring (bicyclic) bond motifs is 1. The van der Waals surface area contributed by atoms with E-state index < -0.39 is 0 Å². The molecule has 0 saturated carbocycles. The topological polar surface area (TPSA) is 21.3 Å². The van der Waals surface area contributed by atoms with Gasteiger partial charge in [-0.25, -0.2) is 0 Å². The van der Waals surface area contributed by atoms with E-state index in [0.717, 1.165) is 25.3 Å².